The summed E-state index contributed by atoms with van der Waals surface area (Å²) >= 11 is 0. The van der Waals surface area contributed by atoms with Crippen LogP contribution in [0.3, 0.4) is 0 Å². The first kappa shape index (κ1) is 12.7. The molecule has 0 spiro atoms. The summed E-state index contributed by atoms with van der Waals surface area (Å²) in [4.78, 5) is 13.6. The number of rotatable bonds is 1. The first-order valence-electron chi connectivity index (χ1n) is 3.17. The second kappa shape index (κ2) is 4.28. The molecule has 0 atom stereocenters. The van der Waals surface area contributed by atoms with Crippen molar-refractivity contribution in [3.63, 3.8) is 0 Å². The molecule has 0 unspecified atom stereocenters. The number of alkyl halides is 3. The highest BCUT2D eigenvalue weighted by molar-refractivity contribution is 5.89. The van der Waals surface area contributed by atoms with Crippen LogP contribution in [-0.2, 0) is 6.18 Å². The second-order valence-corrected chi connectivity index (χ2v) is 2.22. The zero-order chi connectivity index (χ0) is 10.1. The van der Waals surface area contributed by atoms with Gasteiger partial charge in [0.1, 0.15) is 0 Å². The smallest absolute Gasteiger partial charge is 0.417 e. The van der Waals surface area contributed by atoms with Gasteiger partial charge in [0.05, 0.1) is 11.1 Å². The number of hydrogen-bond acceptors (Lipinski definition) is 2. The molecule has 1 heterocycles. The number of carboxylic acids is 1. The van der Waals surface area contributed by atoms with Crippen LogP contribution in [0.25, 0.3) is 0 Å². The normalized spacial score (nSPS) is 10.5. The summed E-state index contributed by atoms with van der Waals surface area (Å²) < 4.78 is 36.4. The van der Waals surface area contributed by atoms with Gasteiger partial charge >= 0.3 is 12.1 Å². The third-order valence-electron chi connectivity index (χ3n) is 1.36. The Kier molecular flexibility index (Phi) is 3.88. The zero-order valence-electron chi connectivity index (χ0n) is 6.55. The quantitative estimate of drug-likeness (QED) is 0.655. The third-order valence-corrected chi connectivity index (χ3v) is 1.36. The maximum absolute atomic E-state index is 12.1. The van der Waals surface area contributed by atoms with Gasteiger partial charge in [0.2, 0.25) is 0 Å². The van der Waals surface area contributed by atoms with E-state index in [1.54, 1.807) is 0 Å². The summed E-state index contributed by atoms with van der Waals surface area (Å²) in [6, 6.07) is 0.628. The Balaban J connectivity index is 0.00000169. The van der Waals surface area contributed by atoms with Crippen LogP contribution in [0.2, 0.25) is 0 Å². The van der Waals surface area contributed by atoms with Gasteiger partial charge in [-0.05, 0) is 6.07 Å². The zero-order valence-corrected chi connectivity index (χ0v) is 7.30. The van der Waals surface area contributed by atoms with Crippen LogP contribution in [0.4, 0.5) is 13.2 Å². The van der Waals surface area contributed by atoms with Crippen LogP contribution < -0.4 is 12.4 Å². The molecule has 1 rings (SSSR count). The van der Waals surface area contributed by atoms with Crippen LogP contribution >= 0.6 is 0 Å². The summed E-state index contributed by atoms with van der Waals surface area (Å²) in [6.07, 6.45) is -3.09. The van der Waals surface area contributed by atoms with E-state index in [0.29, 0.717) is 12.3 Å². The molecule has 0 aliphatic rings. The minimum atomic E-state index is -4.66. The van der Waals surface area contributed by atoms with Gasteiger partial charge in [0.25, 0.3) is 0 Å². The van der Waals surface area contributed by atoms with Crippen LogP contribution in [-0.4, -0.2) is 16.1 Å². The van der Waals surface area contributed by atoms with Crippen molar-refractivity contribution in [3.05, 3.63) is 29.6 Å². The number of aromatic carboxylic acids is 1. The Hall–Kier alpha value is -1.30. The van der Waals surface area contributed by atoms with E-state index in [9.17, 15) is 18.0 Å². The second-order valence-electron chi connectivity index (χ2n) is 2.22. The van der Waals surface area contributed by atoms with Gasteiger partial charge < -0.3 is 17.5 Å². The van der Waals surface area contributed by atoms with Crippen molar-refractivity contribution in [1.82, 2.24) is 4.98 Å². The lowest BCUT2D eigenvalue weighted by molar-refractivity contribution is -0.138. The highest BCUT2D eigenvalue weighted by Gasteiger charge is 2.35. The average molecular weight is 227 g/mol. The van der Waals surface area contributed by atoms with Crippen molar-refractivity contribution in [3.8, 4) is 0 Å². The number of hydrogen-bond donors (Lipinski definition) is 1. The van der Waals surface area contributed by atoms with Gasteiger partial charge in [-0.25, -0.2) is 4.79 Å². The minimum Gasteiger partial charge on any atom is -1.00 e. The van der Waals surface area contributed by atoms with Gasteiger partial charge in [-0.2, -0.15) is 13.2 Å². The number of halogens is 4. The fourth-order valence-corrected chi connectivity index (χ4v) is 0.812. The summed E-state index contributed by atoms with van der Waals surface area (Å²) in [6.45, 7) is 0. The maximum atomic E-state index is 12.1. The topological polar surface area (TPSA) is 50.2 Å². The molecule has 0 aromatic carbocycles. The lowest BCUT2D eigenvalue weighted by Gasteiger charge is -2.08. The van der Waals surface area contributed by atoms with Crippen LogP contribution in [0.1, 0.15) is 15.9 Å². The van der Waals surface area contributed by atoms with Crippen LogP contribution in [0.5, 0.6) is 0 Å². The lowest BCUT2D eigenvalue weighted by atomic mass is 10.1. The van der Waals surface area contributed by atoms with E-state index in [0.717, 1.165) is 6.20 Å². The third kappa shape index (κ3) is 2.59. The number of aromatic nitrogens is 1. The molecule has 0 bridgehead atoms. The molecule has 0 saturated carbocycles. The Bertz CT molecular complexity index is 340. The van der Waals surface area contributed by atoms with Crippen molar-refractivity contribution in [2.45, 2.75) is 6.18 Å². The first-order chi connectivity index (χ1) is 5.93. The SMILES string of the molecule is O=C(O)c1cnccc1C(F)(F)F.[Cl-]. The minimum absolute atomic E-state index is 0. The van der Waals surface area contributed by atoms with E-state index in [1.807, 2.05) is 0 Å². The summed E-state index contributed by atoms with van der Waals surface area (Å²) in [7, 11) is 0. The number of pyridine rings is 1. The molecule has 0 aliphatic carbocycles. The van der Waals surface area contributed by atoms with Crippen molar-refractivity contribution < 1.29 is 35.5 Å². The highest BCUT2D eigenvalue weighted by Crippen LogP contribution is 2.31. The lowest BCUT2D eigenvalue weighted by Crippen LogP contribution is -3.00. The standard InChI is InChI=1S/C7H4F3NO2.ClH/c8-7(9,10)5-1-2-11-3-4(5)6(12)13;/h1-3H,(H,12,13);1H/p-1. The summed E-state index contributed by atoms with van der Waals surface area (Å²) in [5.41, 5.74) is -2.02. The van der Waals surface area contributed by atoms with Gasteiger partial charge in [0.15, 0.2) is 0 Å². The Morgan fingerprint density at radius 1 is 1.43 bits per heavy atom. The van der Waals surface area contributed by atoms with E-state index < -0.39 is 23.3 Å². The molecule has 0 saturated heterocycles. The average Bonchev–Trinajstić information content (AvgIpc) is 2.03. The number of nitrogens with zero attached hydrogens (tertiary/aromatic N) is 1. The summed E-state index contributed by atoms with van der Waals surface area (Å²) in [5, 5.41) is 8.39. The van der Waals surface area contributed by atoms with Crippen molar-refractivity contribution in [2.24, 2.45) is 0 Å². The molecule has 1 aromatic heterocycles. The molecule has 14 heavy (non-hydrogen) atoms. The van der Waals surface area contributed by atoms with Crippen LogP contribution in [0.15, 0.2) is 18.5 Å². The molecular formula is C7H4ClF3NO2-. The maximum Gasteiger partial charge on any atom is 0.417 e. The van der Waals surface area contributed by atoms with Crippen molar-refractivity contribution in [1.29, 1.82) is 0 Å². The fraction of sp³-hybridized carbons (Fsp3) is 0.143. The Labute approximate surface area is 83.0 Å². The predicted octanol–water partition coefficient (Wildman–Crippen LogP) is -1.20. The van der Waals surface area contributed by atoms with Gasteiger partial charge in [0, 0.05) is 12.4 Å². The molecule has 7 heteroatoms. The van der Waals surface area contributed by atoms with Gasteiger partial charge in [-0.1, -0.05) is 0 Å². The predicted molar refractivity (Wildman–Crippen MR) is 36.2 cm³/mol. The van der Waals surface area contributed by atoms with Crippen molar-refractivity contribution >= 4 is 5.97 Å². The van der Waals surface area contributed by atoms with Crippen molar-refractivity contribution in [2.75, 3.05) is 0 Å². The molecule has 0 fully saturated rings. The van der Waals surface area contributed by atoms with E-state index in [-0.39, 0.29) is 12.4 Å². The van der Waals surface area contributed by atoms with E-state index >= 15 is 0 Å². The molecular weight excluding hydrogens is 223 g/mol. The molecule has 1 aromatic rings. The fourth-order valence-electron chi connectivity index (χ4n) is 0.812. The van der Waals surface area contributed by atoms with E-state index in [1.165, 1.54) is 0 Å². The van der Waals surface area contributed by atoms with E-state index in [4.69, 9.17) is 5.11 Å². The molecule has 78 valence electrons. The molecule has 0 amide bonds. The summed E-state index contributed by atoms with van der Waals surface area (Å²) in [5.74, 6) is -1.64. The molecule has 3 nitrogen and oxygen atoms in total. The van der Waals surface area contributed by atoms with Crippen LogP contribution in [0, 0.1) is 0 Å². The highest BCUT2D eigenvalue weighted by atomic mass is 35.5. The largest absolute Gasteiger partial charge is 1.00 e. The van der Waals surface area contributed by atoms with Gasteiger partial charge in [-0.15, -0.1) is 0 Å². The van der Waals surface area contributed by atoms with E-state index in [2.05, 4.69) is 4.98 Å². The van der Waals surface area contributed by atoms with Gasteiger partial charge in [-0.3, -0.25) is 4.98 Å². The molecule has 1 N–H and O–H groups in total. The number of carboxylic acid groups (broad SMARTS) is 1. The Morgan fingerprint density at radius 2 is 2.00 bits per heavy atom. The number of carbonyl (C=O) groups is 1. The monoisotopic (exact) mass is 226 g/mol. The molecule has 0 aliphatic heterocycles. The first-order valence-corrected chi connectivity index (χ1v) is 3.17. The Morgan fingerprint density at radius 3 is 2.36 bits per heavy atom. The molecule has 0 radical (unpaired) electrons.